The van der Waals surface area contributed by atoms with E-state index in [0.29, 0.717) is 0 Å². The van der Waals surface area contributed by atoms with Gasteiger partial charge in [-0.2, -0.15) is 0 Å². The maximum absolute atomic E-state index is 12.9. The van der Waals surface area contributed by atoms with E-state index in [1.165, 1.54) is 6.42 Å². The van der Waals surface area contributed by atoms with Gasteiger partial charge in [-0.25, -0.2) is 0 Å². The predicted octanol–water partition coefficient (Wildman–Crippen LogP) is 4.96. The summed E-state index contributed by atoms with van der Waals surface area (Å²) in [7, 11) is 0. The molecule has 0 aliphatic carbocycles. The van der Waals surface area contributed by atoms with Gasteiger partial charge in [0.05, 0.1) is 6.54 Å². The quantitative estimate of drug-likeness (QED) is 0.624. The number of nitrogens with zero attached hydrogens (tertiary/aromatic N) is 2. The molecule has 148 valence electrons. The normalized spacial score (nSPS) is 15.2. The zero-order valence-corrected chi connectivity index (χ0v) is 17.7. The monoisotopic (exact) mass is 444 g/mol. The number of hydrogen-bond donors (Lipinski definition) is 0. The van der Waals surface area contributed by atoms with Gasteiger partial charge >= 0.3 is 0 Å². The number of amidine groups is 1. The Morgan fingerprint density at radius 1 is 1.04 bits per heavy atom. The second kappa shape index (κ2) is 9.24. The molecule has 0 N–H and O–H groups in total. The summed E-state index contributed by atoms with van der Waals surface area (Å²) in [5.74, 6) is 2.52. The third-order valence-electron chi connectivity index (χ3n) is 5.01. The molecule has 2 aliphatic rings. The highest BCUT2D eigenvalue weighted by molar-refractivity contribution is 8.93. The van der Waals surface area contributed by atoms with Crippen molar-refractivity contribution in [3.05, 3.63) is 53.6 Å². The van der Waals surface area contributed by atoms with Gasteiger partial charge in [0.15, 0.2) is 17.3 Å². The van der Waals surface area contributed by atoms with Gasteiger partial charge < -0.3 is 14.4 Å². The van der Waals surface area contributed by atoms with Crippen LogP contribution >= 0.6 is 17.0 Å². The van der Waals surface area contributed by atoms with Crippen LogP contribution in [0.3, 0.4) is 0 Å². The van der Waals surface area contributed by atoms with Crippen molar-refractivity contribution in [1.29, 1.82) is 0 Å². The summed E-state index contributed by atoms with van der Waals surface area (Å²) in [6, 6.07) is 13.6. The first kappa shape index (κ1) is 20.4. The number of hydrogen-bond acceptors (Lipinski definition) is 5. The van der Waals surface area contributed by atoms with Gasteiger partial charge in [0, 0.05) is 30.3 Å². The van der Waals surface area contributed by atoms with Crippen molar-refractivity contribution in [2.75, 3.05) is 24.8 Å². The Morgan fingerprint density at radius 3 is 2.64 bits per heavy atom. The second-order valence-corrected chi connectivity index (χ2v) is 7.02. The van der Waals surface area contributed by atoms with Crippen LogP contribution in [0.4, 0.5) is 5.69 Å². The van der Waals surface area contributed by atoms with Crippen molar-refractivity contribution < 1.29 is 14.3 Å². The first-order valence-corrected chi connectivity index (χ1v) is 9.51. The molecule has 0 saturated heterocycles. The Bertz CT molecular complexity index is 865. The van der Waals surface area contributed by atoms with Crippen LogP contribution in [0, 0.1) is 6.92 Å². The smallest absolute Gasteiger partial charge is 0.231 e. The van der Waals surface area contributed by atoms with E-state index in [4.69, 9.17) is 14.5 Å². The number of ketones is 1. The number of aryl methyl sites for hydroxylation is 1. The van der Waals surface area contributed by atoms with Gasteiger partial charge in [-0.05, 0) is 31.9 Å². The number of benzene rings is 2. The maximum Gasteiger partial charge on any atom is 0.231 e. The van der Waals surface area contributed by atoms with Crippen LogP contribution in [-0.2, 0) is 0 Å². The van der Waals surface area contributed by atoms with Crippen LogP contribution in [0.1, 0.15) is 41.6 Å². The second-order valence-electron chi connectivity index (χ2n) is 7.02. The van der Waals surface area contributed by atoms with Gasteiger partial charge in [0.2, 0.25) is 6.79 Å². The van der Waals surface area contributed by atoms with Crippen LogP contribution in [0.2, 0.25) is 0 Å². The first-order valence-electron chi connectivity index (χ1n) is 9.51. The van der Waals surface area contributed by atoms with E-state index in [9.17, 15) is 4.79 Å². The number of Topliss-reactive ketones (excluding diaryl/α,β-unsaturated/α-hetero) is 1. The minimum Gasteiger partial charge on any atom is -0.454 e. The summed E-state index contributed by atoms with van der Waals surface area (Å²) >= 11 is 0. The number of fused-ring (bicyclic) bond motifs is 1. The van der Waals surface area contributed by atoms with Crippen LogP contribution in [0.5, 0.6) is 11.5 Å². The van der Waals surface area contributed by atoms with Crippen molar-refractivity contribution in [3.63, 3.8) is 0 Å². The number of rotatable bonds is 4. The minimum absolute atomic E-state index is 0. The third-order valence-corrected chi connectivity index (χ3v) is 5.01. The molecule has 2 aromatic carbocycles. The van der Waals surface area contributed by atoms with Gasteiger partial charge in [-0.3, -0.25) is 9.79 Å². The number of carbonyl (C=O) groups excluding carboxylic acids is 1. The first-order chi connectivity index (χ1) is 13.2. The zero-order chi connectivity index (χ0) is 18.6. The summed E-state index contributed by atoms with van der Waals surface area (Å²) in [5, 5.41) is 0. The van der Waals surface area contributed by atoms with Gasteiger partial charge in [0.1, 0.15) is 5.84 Å². The molecule has 0 saturated carbocycles. The molecular formula is C22H25BrN2O3. The fraction of sp³-hybridized carbons (Fsp3) is 0.364. The van der Waals surface area contributed by atoms with Crippen molar-refractivity contribution >= 4 is 34.3 Å². The molecule has 0 bridgehead atoms. The Morgan fingerprint density at radius 2 is 1.82 bits per heavy atom. The minimum atomic E-state index is 0. The van der Waals surface area contributed by atoms with Gasteiger partial charge in [0.25, 0.3) is 0 Å². The zero-order valence-electron chi connectivity index (χ0n) is 16.0. The lowest BCUT2D eigenvalue weighted by molar-refractivity contribution is 0.100. The number of carbonyl (C=O) groups is 1. The summed E-state index contributed by atoms with van der Waals surface area (Å²) in [5.41, 5.74) is 2.79. The van der Waals surface area contributed by atoms with E-state index in [0.717, 1.165) is 60.0 Å². The Labute approximate surface area is 176 Å². The Hall–Kier alpha value is -2.34. The lowest BCUT2D eigenvalue weighted by Gasteiger charge is -2.26. The number of anilines is 1. The van der Waals surface area contributed by atoms with Crippen LogP contribution in [0.15, 0.2) is 47.5 Å². The predicted molar refractivity (Wildman–Crippen MR) is 117 cm³/mol. The third kappa shape index (κ3) is 4.55. The molecule has 2 aliphatic heterocycles. The van der Waals surface area contributed by atoms with E-state index < -0.39 is 0 Å². The topological polar surface area (TPSA) is 51.1 Å². The van der Waals surface area contributed by atoms with E-state index in [2.05, 4.69) is 0 Å². The Kier molecular flexibility index (Phi) is 6.73. The fourth-order valence-corrected chi connectivity index (χ4v) is 3.44. The largest absolute Gasteiger partial charge is 0.454 e. The summed E-state index contributed by atoms with van der Waals surface area (Å²) in [6.45, 7) is 3.34. The maximum atomic E-state index is 12.9. The molecule has 0 unspecified atom stereocenters. The highest BCUT2D eigenvalue weighted by atomic mass is 79.9. The van der Waals surface area contributed by atoms with E-state index in [-0.39, 0.29) is 36.1 Å². The Balaban J connectivity index is 0.00000225. The number of halogens is 1. The van der Waals surface area contributed by atoms with Crippen molar-refractivity contribution in [2.24, 2.45) is 4.99 Å². The molecule has 0 fully saturated rings. The molecule has 0 aromatic heterocycles. The van der Waals surface area contributed by atoms with Gasteiger partial charge in [-0.1, -0.05) is 36.2 Å². The summed E-state index contributed by atoms with van der Waals surface area (Å²) in [4.78, 5) is 19.8. The van der Waals surface area contributed by atoms with Crippen molar-refractivity contribution in [1.82, 2.24) is 0 Å². The lowest BCUT2D eigenvalue weighted by Crippen LogP contribution is -2.36. The molecule has 4 rings (SSSR count). The van der Waals surface area contributed by atoms with Crippen LogP contribution in [-0.4, -0.2) is 31.5 Å². The molecule has 2 heterocycles. The molecule has 28 heavy (non-hydrogen) atoms. The molecule has 0 atom stereocenters. The average molecular weight is 445 g/mol. The van der Waals surface area contributed by atoms with E-state index in [1.54, 1.807) is 0 Å². The molecule has 5 nitrogen and oxygen atoms in total. The molecule has 2 aromatic rings. The summed E-state index contributed by atoms with van der Waals surface area (Å²) in [6.07, 6.45) is 4.26. The summed E-state index contributed by atoms with van der Waals surface area (Å²) < 4.78 is 11.0. The highest BCUT2D eigenvalue weighted by Gasteiger charge is 2.22. The van der Waals surface area contributed by atoms with Crippen molar-refractivity contribution in [3.8, 4) is 11.5 Å². The fourth-order valence-electron chi connectivity index (χ4n) is 3.44. The molecule has 0 radical (unpaired) electrons. The number of ether oxygens (including phenoxy) is 2. The molecule has 0 amide bonds. The molecular weight excluding hydrogens is 420 g/mol. The van der Waals surface area contributed by atoms with E-state index >= 15 is 0 Å². The van der Waals surface area contributed by atoms with Crippen LogP contribution < -0.4 is 14.4 Å². The average Bonchev–Trinajstić information content (AvgIpc) is 2.99. The SMILES string of the molecule is Br.Cc1ccc(C(=O)CN(C2=NCCCCC2)c2ccc3c(c2)OCO3)cc1. The number of aliphatic imine (C=N–C) groups is 1. The standard InChI is InChI=1S/C22H24N2O3.BrH/c1-16-6-8-17(9-7-16)19(25)14-24(22-5-3-2-4-12-23-22)18-10-11-20-21(13-18)27-15-26-20;/h6-11,13H,2-5,12,14-15H2,1H3;1H. The van der Waals surface area contributed by atoms with Gasteiger partial charge in [-0.15, -0.1) is 17.0 Å². The molecule has 6 heteroatoms. The lowest BCUT2D eigenvalue weighted by atomic mass is 10.1. The van der Waals surface area contributed by atoms with E-state index in [1.807, 2.05) is 54.3 Å². The van der Waals surface area contributed by atoms with Crippen molar-refractivity contribution in [2.45, 2.75) is 32.6 Å². The highest BCUT2D eigenvalue weighted by Crippen LogP contribution is 2.36. The van der Waals surface area contributed by atoms with Crippen LogP contribution in [0.25, 0.3) is 0 Å². The molecule has 0 spiro atoms.